The lowest BCUT2D eigenvalue weighted by atomic mass is 9.94. The summed E-state index contributed by atoms with van der Waals surface area (Å²) in [6, 6.07) is 10.7. The Morgan fingerprint density at radius 2 is 2.00 bits per heavy atom. The van der Waals surface area contributed by atoms with Gasteiger partial charge in [-0.2, -0.15) is 5.10 Å². The van der Waals surface area contributed by atoms with Crippen molar-refractivity contribution >= 4 is 0 Å². The van der Waals surface area contributed by atoms with E-state index in [0.29, 0.717) is 6.54 Å². The Balaban J connectivity index is 2.28. The summed E-state index contributed by atoms with van der Waals surface area (Å²) in [5.41, 5.74) is 10.5. The Bertz CT molecular complexity index is 470. The third-order valence-corrected chi connectivity index (χ3v) is 3.11. The molecule has 0 saturated carbocycles. The summed E-state index contributed by atoms with van der Waals surface area (Å²) in [6.45, 7) is 4.74. The highest BCUT2D eigenvalue weighted by Gasteiger charge is 2.14. The molecule has 0 aliphatic heterocycles. The van der Waals surface area contributed by atoms with Crippen molar-refractivity contribution in [3.05, 3.63) is 52.8 Å². The lowest BCUT2D eigenvalue weighted by Crippen LogP contribution is -2.14. The van der Waals surface area contributed by atoms with Crippen LogP contribution in [0, 0.1) is 6.92 Å². The van der Waals surface area contributed by atoms with E-state index in [-0.39, 0.29) is 5.92 Å². The minimum absolute atomic E-state index is 0.186. The molecule has 0 spiro atoms. The van der Waals surface area contributed by atoms with E-state index in [2.05, 4.69) is 47.5 Å². The molecule has 0 aliphatic carbocycles. The van der Waals surface area contributed by atoms with Crippen molar-refractivity contribution in [3.8, 4) is 0 Å². The second-order valence-corrected chi connectivity index (χ2v) is 4.36. The SMILES string of the molecule is CCc1ccc(C(CN)c2cc(C)[nH]n2)cc1. The number of benzene rings is 1. The molecule has 2 rings (SSSR count). The van der Waals surface area contributed by atoms with Crippen molar-refractivity contribution in [2.24, 2.45) is 5.73 Å². The summed E-state index contributed by atoms with van der Waals surface area (Å²) >= 11 is 0. The van der Waals surface area contributed by atoms with E-state index in [1.54, 1.807) is 0 Å². The average molecular weight is 229 g/mol. The first-order valence-electron chi connectivity index (χ1n) is 6.05. The van der Waals surface area contributed by atoms with E-state index in [0.717, 1.165) is 17.8 Å². The molecule has 1 atom stereocenters. The number of nitrogens with one attached hydrogen (secondary N) is 1. The van der Waals surface area contributed by atoms with Gasteiger partial charge in [0.25, 0.3) is 0 Å². The Morgan fingerprint density at radius 1 is 1.29 bits per heavy atom. The Labute approximate surface area is 102 Å². The number of aromatic amines is 1. The zero-order valence-corrected chi connectivity index (χ0v) is 10.4. The van der Waals surface area contributed by atoms with Gasteiger partial charge in [-0.1, -0.05) is 31.2 Å². The Morgan fingerprint density at radius 3 is 2.47 bits per heavy atom. The number of rotatable bonds is 4. The molecule has 0 bridgehead atoms. The molecule has 1 aromatic heterocycles. The number of aryl methyl sites for hydroxylation is 2. The number of nitrogens with two attached hydrogens (primary N) is 1. The van der Waals surface area contributed by atoms with Crippen LogP contribution >= 0.6 is 0 Å². The minimum Gasteiger partial charge on any atom is -0.329 e. The van der Waals surface area contributed by atoms with Crippen LogP contribution in [0.5, 0.6) is 0 Å². The predicted octanol–water partition coefficient (Wildman–Crippen LogP) is 2.37. The molecule has 1 unspecified atom stereocenters. The number of H-pyrrole nitrogens is 1. The van der Waals surface area contributed by atoms with E-state index in [4.69, 9.17) is 5.73 Å². The van der Waals surface area contributed by atoms with Gasteiger partial charge in [0.05, 0.1) is 5.69 Å². The van der Waals surface area contributed by atoms with Gasteiger partial charge in [0.1, 0.15) is 0 Å². The topological polar surface area (TPSA) is 54.7 Å². The third kappa shape index (κ3) is 2.56. The molecule has 1 heterocycles. The van der Waals surface area contributed by atoms with Crippen LogP contribution < -0.4 is 5.73 Å². The second-order valence-electron chi connectivity index (χ2n) is 4.36. The molecule has 0 fully saturated rings. The Kier molecular flexibility index (Phi) is 3.59. The van der Waals surface area contributed by atoms with Crippen LogP contribution in [0.4, 0.5) is 0 Å². The number of aromatic nitrogens is 2. The lowest BCUT2D eigenvalue weighted by Gasteiger charge is -2.12. The highest BCUT2D eigenvalue weighted by molar-refractivity contribution is 5.32. The zero-order valence-electron chi connectivity index (χ0n) is 10.4. The summed E-state index contributed by atoms with van der Waals surface area (Å²) in [7, 11) is 0. The number of nitrogens with zero attached hydrogens (tertiary/aromatic N) is 1. The van der Waals surface area contributed by atoms with Crippen LogP contribution in [-0.4, -0.2) is 16.7 Å². The van der Waals surface area contributed by atoms with Crippen LogP contribution in [0.2, 0.25) is 0 Å². The molecule has 17 heavy (non-hydrogen) atoms. The maximum absolute atomic E-state index is 5.86. The van der Waals surface area contributed by atoms with Crippen molar-refractivity contribution < 1.29 is 0 Å². The predicted molar refractivity (Wildman–Crippen MR) is 70.0 cm³/mol. The summed E-state index contributed by atoms with van der Waals surface area (Å²) in [6.07, 6.45) is 1.06. The fraction of sp³-hybridized carbons (Fsp3) is 0.357. The van der Waals surface area contributed by atoms with Gasteiger partial charge >= 0.3 is 0 Å². The standard InChI is InChI=1S/C14H19N3/c1-3-11-4-6-12(7-5-11)13(9-15)14-8-10(2)16-17-14/h4-8,13H,3,9,15H2,1-2H3,(H,16,17). The van der Waals surface area contributed by atoms with Gasteiger partial charge in [-0.15, -0.1) is 0 Å². The first kappa shape index (κ1) is 11.9. The van der Waals surface area contributed by atoms with E-state index in [1.165, 1.54) is 11.1 Å². The molecular formula is C14H19N3. The highest BCUT2D eigenvalue weighted by atomic mass is 15.1. The summed E-state index contributed by atoms with van der Waals surface area (Å²) in [4.78, 5) is 0. The molecule has 0 aliphatic rings. The quantitative estimate of drug-likeness (QED) is 0.845. The van der Waals surface area contributed by atoms with Crippen molar-refractivity contribution in [1.82, 2.24) is 10.2 Å². The summed E-state index contributed by atoms with van der Waals surface area (Å²) in [5.74, 6) is 0.186. The first-order chi connectivity index (χ1) is 8.24. The highest BCUT2D eigenvalue weighted by Crippen LogP contribution is 2.22. The van der Waals surface area contributed by atoms with Crippen LogP contribution in [-0.2, 0) is 6.42 Å². The Hall–Kier alpha value is -1.61. The average Bonchev–Trinajstić information content (AvgIpc) is 2.78. The largest absolute Gasteiger partial charge is 0.329 e. The molecular weight excluding hydrogens is 210 g/mol. The van der Waals surface area contributed by atoms with E-state index in [9.17, 15) is 0 Å². The van der Waals surface area contributed by atoms with Gasteiger partial charge < -0.3 is 5.73 Å². The van der Waals surface area contributed by atoms with Crippen LogP contribution in [0.15, 0.2) is 30.3 Å². The molecule has 2 aromatic rings. The molecule has 3 N–H and O–H groups in total. The molecule has 0 amide bonds. The van der Waals surface area contributed by atoms with Crippen LogP contribution in [0.25, 0.3) is 0 Å². The van der Waals surface area contributed by atoms with Crippen molar-refractivity contribution in [2.75, 3.05) is 6.54 Å². The summed E-state index contributed by atoms with van der Waals surface area (Å²) in [5, 5.41) is 7.27. The van der Waals surface area contributed by atoms with E-state index >= 15 is 0 Å². The second kappa shape index (κ2) is 5.15. The maximum Gasteiger partial charge on any atom is 0.0712 e. The number of hydrogen-bond acceptors (Lipinski definition) is 2. The third-order valence-electron chi connectivity index (χ3n) is 3.11. The van der Waals surface area contributed by atoms with Crippen molar-refractivity contribution in [2.45, 2.75) is 26.2 Å². The van der Waals surface area contributed by atoms with Crippen LogP contribution in [0.3, 0.4) is 0 Å². The fourth-order valence-electron chi connectivity index (χ4n) is 2.03. The van der Waals surface area contributed by atoms with Gasteiger partial charge in [-0.3, -0.25) is 5.10 Å². The monoisotopic (exact) mass is 229 g/mol. The van der Waals surface area contributed by atoms with Gasteiger partial charge in [-0.25, -0.2) is 0 Å². The normalized spacial score (nSPS) is 12.6. The maximum atomic E-state index is 5.86. The molecule has 3 nitrogen and oxygen atoms in total. The van der Waals surface area contributed by atoms with E-state index < -0.39 is 0 Å². The van der Waals surface area contributed by atoms with E-state index in [1.807, 2.05) is 6.92 Å². The van der Waals surface area contributed by atoms with Crippen LogP contribution in [0.1, 0.15) is 35.4 Å². The summed E-state index contributed by atoms with van der Waals surface area (Å²) < 4.78 is 0. The van der Waals surface area contributed by atoms with Crippen molar-refractivity contribution in [3.63, 3.8) is 0 Å². The number of hydrogen-bond donors (Lipinski definition) is 2. The zero-order chi connectivity index (χ0) is 12.3. The van der Waals surface area contributed by atoms with Gasteiger partial charge in [-0.05, 0) is 30.5 Å². The molecule has 0 saturated heterocycles. The fourth-order valence-corrected chi connectivity index (χ4v) is 2.03. The molecule has 90 valence electrons. The molecule has 1 aromatic carbocycles. The molecule has 0 radical (unpaired) electrons. The van der Waals surface area contributed by atoms with Gasteiger partial charge in [0.2, 0.25) is 0 Å². The van der Waals surface area contributed by atoms with Gasteiger partial charge in [0, 0.05) is 18.2 Å². The first-order valence-corrected chi connectivity index (χ1v) is 6.05. The minimum atomic E-state index is 0.186. The lowest BCUT2D eigenvalue weighted by molar-refractivity contribution is 0.778. The van der Waals surface area contributed by atoms with Crippen molar-refractivity contribution in [1.29, 1.82) is 0 Å². The van der Waals surface area contributed by atoms with Gasteiger partial charge in [0.15, 0.2) is 0 Å². The molecule has 3 heteroatoms. The smallest absolute Gasteiger partial charge is 0.0712 e.